The first-order chi connectivity index (χ1) is 10.2. The van der Waals surface area contributed by atoms with Crippen molar-refractivity contribution in [3.8, 4) is 0 Å². The number of rotatable bonds is 4. The van der Waals surface area contributed by atoms with Crippen LogP contribution >= 0.6 is 23.2 Å². The third kappa shape index (κ3) is 2.91. The molecule has 0 saturated carbocycles. The molecule has 0 saturated heterocycles. The highest BCUT2D eigenvalue weighted by atomic mass is 35.5. The van der Waals surface area contributed by atoms with E-state index in [9.17, 15) is 0 Å². The molecule has 0 aliphatic heterocycles. The van der Waals surface area contributed by atoms with E-state index in [0.717, 1.165) is 22.5 Å². The molecule has 108 valence electrons. The number of hydrogen-bond acceptors (Lipinski definition) is 2. The molecule has 0 atom stereocenters. The molecule has 0 bridgehead atoms. The minimum Gasteiger partial charge on any atom is -0.343 e. The Bertz CT molecular complexity index is 780. The number of benzene rings is 1. The predicted molar refractivity (Wildman–Crippen MR) is 88.1 cm³/mol. The maximum absolute atomic E-state index is 6.20. The smallest absolute Gasteiger partial charge is 0.0639 e. The van der Waals surface area contributed by atoms with Crippen molar-refractivity contribution in [1.29, 1.82) is 0 Å². The molecule has 3 rings (SSSR count). The van der Waals surface area contributed by atoms with E-state index in [1.54, 1.807) is 12.4 Å². The van der Waals surface area contributed by atoms with E-state index in [4.69, 9.17) is 28.9 Å². The standard InChI is InChI=1S/C16H15Cl2N3/c17-13-1-2-14-11(3-5-19)9-21(16(14)7-13)10-12-4-6-20-8-15(12)18/h1-2,4,6-9H,3,5,10,19H2. The molecule has 2 N–H and O–H groups in total. The summed E-state index contributed by atoms with van der Waals surface area (Å²) in [5.74, 6) is 0. The topological polar surface area (TPSA) is 43.8 Å². The van der Waals surface area contributed by atoms with Gasteiger partial charge in [0.2, 0.25) is 0 Å². The molecule has 3 aromatic rings. The highest BCUT2D eigenvalue weighted by Crippen LogP contribution is 2.27. The van der Waals surface area contributed by atoms with Crippen molar-refractivity contribution >= 4 is 34.1 Å². The minimum atomic E-state index is 0.623. The van der Waals surface area contributed by atoms with Gasteiger partial charge in [-0.15, -0.1) is 0 Å². The van der Waals surface area contributed by atoms with Crippen LogP contribution in [0, 0.1) is 0 Å². The van der Waals surface area contributed by atoms with Crippen LogP contribution in [0.1, 0.15) is 11.1 Å². The number of fused-ring (bicyclic) bond motifs is 1. The quantitative estimate of drug-likeness (QED) is 0.792. The van der Waals surface area contributed by atoms with Crippen molar-refractivity contribution in [3.63, 3.8) is 0 Å². The molecule has 1 aromatic carbocycles. The van der Waals surface area contributed by atoms with E-state index in [1.165, 1.54) is 10.9 Å². The first-order valence-electron chi connectivity index (χ1n) is 6.75. The van der Waals surface area contributed by atoms with Gasteiger partial charge in [-0.3, -0.25) is 4.98 Å². The Morgan fingerprint density at radius 1 is 1.14 bits per heavy atom. The molecule has 0 radical (unpaired) electrons. The van der Waals surface area contributed by atoms with Crippen molar-refractivity contribution in [2.75, 3.05) is 6.54 Å². The zero-order valence-electron chi connectivity index (χ0n) is 11.4. The number of nitrogens with two attached hydrogens (primary N) is 1. The first kappa shape index (κ1) is 14.4. The minimum absolute atomic E-state index is 0.623. The fourth-order valence-corrected chi connectivity index (χ4v) is 2.89. The van der Waals surface area contributed by atoms with Crippen LogP contribution < -0.4 is 5.73 Å². The van der Waals surface area contributed by atoms with Crippen molar-refractivity contribution in [2.24, 2.45) is 5.73 Å². The molecule has 0 unspecified atom stereocenters. The summed E-state index contributed by atoms with van der Waals surface area (Å²) < 4.78 is 2.16. The lowest BCUT2D eigenvalue weighted by Gasteiger charge is -2.07. The molecule has 3 nitrogen and oxygen atoms in total. The van der Waals surface area contributed by atoms with E-state index in [-0.39, 0.29) is 0 Å². The van der Waals surface area contributed by atoms with E-state index in [0.29, 0.717) is 18.1 Å². The van der Waals surface area contributed by atoms with E-state index in [1.807, 2.05) is 24.3 Å². The molecule has 2 heterocycles. The second-order valence-corrected chi connectivity index (χ2v) is 5.79. The Morgan fingerprint density at radius 2 is 2.00 bits per heavy atom. The van der Waals surface area contributed by atoms with Gasteiger partial charge in [0.15, 0.2) is 0 Å². The van der Waals surface area contributed by atoms with Crippen LogP contribution in [0.3, 0.4) is 0 Å². The van der Waals surface area contributed by atoms with Gasteiger partial charge in [-0.2, -0.15) is 0 Å². The SMILES string of the molecule is NCCc1cn(Cc2ccncc2Cl)c2cc(Cl)ccc12. The fraction of sp³-hybridized carbons (Fsp3) is 0.188. The summed E-state index contributed by atoms with van der Waals surface area (Å²) in [5.41, 5.74) is 9.06. The highest BCUT2D eigenvalue weighted by Gasteiger charge is 2.10. The number of aromatic nitrogens is 2. The van der Waals surface area contributed by atoms with Crippen LogP contribution in [0.2, 0.25) is 10.0 Å². The Labute approximate surface area is 133 Å². The maximum atomic E-state index is 6.20. The molecular weight excluding hydrogens is 305 g/mol. The Morgan fingerprint density at radius 3 is 2.76 bits per heavy atom. The summed E-state index contributed by atoms with van der Waals surface area (Å²) in [5, 5.41) is 2.58. The average molecular weight is 320 g/mol. The van der Waals surface area contributed by atoms with Gasteiger partial charge in [0.05, 0.1) is 10.5 Å². The molecule has 0 aliphatic carbocycles. The molecule has 0 spiro atoms. The van der Waals surface area contributed by atoms with Gasteiger partial charge in [0, 0.05) is 35.5 Å². The number of hydrogen-bond donors (Lipinski definition) is 1. The van der Waals surface area contributed by atoms with Gasteiger partial charge < -0.3 is 10.3 Å². The summed E-state index contributed by atoms with van der Waals surface area (Å²) >= 11 is 12.3. The number of nitrogens with zero attached hydrogens (tertiary/aromatic N) is 2. The lowest BCUT2D eigenvalue weighted by Crippen LogP contribution is -2.02. The average Bonchev–Trinajstić information content (AvgIpc) is 2.79. The van der Waals surface area contributed by atoms with Gasteiger partial charge in [-0.05, 0) is 42.3 Å². The van der Waals surface area contributed by atoms with Crippen molar-refractivity contribution in [2.45, 2.75) is 13.0 Å². The Hall–Kier alpha value is -1.55. The van der Waals surface area contributed by atoms with Gasteiger partial charge in [0.1, 0.15) is 0 Å². The molecule has 0 aliphatic rings. The van der Waals surface area contributed by atoms with Gasteiger partial charge >= 0.3 is 0 Å². The summed E-state index contributed by atoms with van der Waals surface area (Å²) in [4.78, 5) is 4.02. The zero-order valence-corrected chi connectivity index (χ0v) is 12.9. The second-order valence-electron chi connectivity index (χ2n) is 4.95. The summed E-state index contributed by atoms with van der Waals surface area (Å²) in [6.45, 7) is 1.31. The van der Waals surface area contributed by atoms with Crippen molar-refractivity contribution < 1.29 is 0 Å². The largest absolute Gasteiger partial charge is 0.343 e. The van der Waals surface area contributed by atoms with Crippen LogP contribution in [-0.2, 0) is 13.0 Å². The molecular formula is C16H15Cl2N3. The van der Waals surface area contributed by atoms with Crippen LogP contribution in [-0.4, -0.2) is 16.1 Å². The van der Waals surface area contributed by atoms with Crippen LogP contribution in [0.15, 0.2) is 42.9 Å². The van der Waals surface area contributed by atoms with E-state index >= 15 is 0 Å². The lowest BCUT2D eigenvalue weighted by molar-refractivity contribution is 0.825. The molecule has 0 fully saturated rings. The molecule has 0 amide bonds. The summed E-state index contributed by atoms with van der Waals surface area (Å²) in [6, 6.07) is 7.87. The van der Waals surface area contributed by atoms with E-state index in [2.05, 4.69) is 15.7 Å². The Kier molecular flexibility index (Phi) is 4.15. The molecule has 21 heavy (non-hydrogen) atoms. The molecule has 2 aromatic heterocycles. The van der Waals surface area contributed by atoms with Gasteiger partial charge in [0.25, 0.3) is 0 Å². The number of halogens is 2. The summed E-state index contributed by atoms with van der Waals surface area (Å²) in [7, 11) is 0. The number of pyridine rings is 1. The van der Waals surface area contributed by atoms with Crippen molar-refractivity contribution in [1.82, 2.24) is 9.55 Å². The Balaban J connectivity index is 2.09. The van der Waals surface area contributed by atoms with Crippen LogP contribution in [0.4, 0.5) is 0 Å². The third-order valence-corrected chi connectivity index (χ3v) is 4.11. The predicted octanol–water partition coefficient (Wildman–Crippen LogP) is 3.89. The normalized spacial score (nSPS) is 11.2. The highest BCUT2D eigenvalue weighted by molar-refractivity contribution is 6.31. The summed E-state index contributed by atoms with van der Waals surface area (Å²) in [6.07, 6.45) is 6.39. The van der Waals surface area contributed by atoms with Gasteiger partial charge in [-0.25, -0.2) is 0 Å². The molecule has 5 heteroatoms. The lowest BCUT2D eigenvalue weighted by atomic mass is 10.1. The maximum Gasteiger partial charge on any atom is 0.0639 e. The van der Waals surface area contributed by atoms with Crippen LogP contribution in [0.25, 0.3) is 10.9 Å². The van der Waals surface area contributed by atoms with Crippen LogP contribution in [0.5, 0.6) is 0 Å². The first-order valence-corrected chi connectivity index (χ1v) is 7.50. The van der Waals surface area contributed by atoms with Gasteiger partial charge in [-0.1, -0.05) is 29.3 Å². The second kappa shape index (κ2) is 6.06. The zero-order chi connectivity index (χ0) is 14.8. The third-order valence-electron chi connectivity index (χ3n) is 3.54. The van der Waals surface area contributed by atoms with Crippen molar-refractivity contribution in [3.05, 3.63) is 64.0 Å². The fourth-order valence-electron chi connectivity index (χ4n) is 2.54. The van der Waals surface area contributed by atoms with E-state index < -0.39 is 0 Å². The monoisotopic (exact) mass is 319 g/mol.